The maximum atomic E-state index is 14.4. The molecule has 22 heavy (non-hydrogen) atoms. The minimum atomic E-state index is -3.40. The van der Waals surface area contributed by atoms with Gasteiger partial charge in [0.2, 0.25) is 0 Å². The van der Waals surface area contributed by atoms with Gasteiger partial charge in [-0.25, -0.2) is 12.8 Å². The van der Waals surface area contributed by atoms with Crippen LogP contribution in [0, 0.1) is 5.82 Å². The Morgan fingerprint density at radius 1 is 1.32 bits per heavy atom. The highest BCUT2D eigenvalue weighted by molar-refractivity contribution is 7.90. The average molecular weight is 320 g/mol. The summed E-state index contributed by atoms with van der Waals surface area (Å²) < 4.78 is 37.4. The van der Waals surface area contributed by atoms with Crippen molar-refractivity contribution in [2.45, 2.75) is 23.8 Å². The molecule has 1 atom stereocenters. The summed E-state index contributed by atoms with van der Waals surface area (Å²) >= 11 is 0. The number of sulfone groups is 1. The first-order valence-electron chi connectivity index (χ1n) is 7.13. The van der Waals surface area contributed by atoms with Gasteiger partial charge in [-0.3, -0.25) is 4.98 Å². The molecule has 0 N–H and O–H groups in total. The van der Waals surface area contributed by atoms with Gasteiger partial charge in [0.05, 0.1) is 16.6 Å². The predicted molar refractivity (Wildman–Crippen MR) is 83.1 cm³/mol. The number of hydrogen-bond donors (Lipinski definition) is 0. The number of rotatable bonds is 3. The second kappa shape index (κ2) is 5.68. The van der Waals surface area contributed by atoms with Crippen molar-refractivity contribution in [2.24, 2.45) is 0 Å². The van der Waals surface area contributed by atoms with Gasteiger partial charge in [-0.05, 0) is 42.7 Å². The molecule has 0 radical (unpaired) electrons. The first-order chi connectivity index (χ1) is 10.5. The minimum Gasteiger partial charge on any atom is -0.362 e. The van der Waals surface area contributed by atoms with Gasteiger partial charge >= 0.3 is 0 Å². The van der Waals surface area contributed by atoms with Crippen LogP contribution in [0.4, 0.5) is 10.1 Å². The van der Waals surface area contributed by atoms with E-state index in [2.05, 4.69) is 4.98 Å². The average Bonchev–Trinajstić information content (AvgIpc) is 2.96. The third kappa shape index (κ3) is 2.83. The largest absolute Gasteiger partial charge is 0.362 e. The molecule has 1 aliphatic rings. The zero-order valence-electron chi connectivity index (χ0n) is 12.2. The molecule has 0 saturated carbocycles. The van der Waals surface area contributed by atoms with Crippen LogP contribution in [0.3, 0.4) is 0 Å². The van der Waals surface area contributed by atoms with Gasteiger partial charge in [-0.2, -0.15) is 0 Å². The highest BCUT2D eigenvalue weighted by Crippen LogP contribution is 2.37. The van der Waals surface area contributed by atoms with Gasteiger partial charge < -0.3 is 4.90 Å². The van der Waals surface area contributed by atoms with Crippen LogP contribution < -0.4 is 4.90 Å². The lowest BCUT2D eigenvalue weighted by Crippen LogP contribution is -2.23. The molecule has 1 aliphatic heterocycles. The molecule has 0 aliphatic carbocycles. The fourth-order valence-corrected chi connectivity index (χ4v) is 3.56. The van der Waals surface area contributed by atoms with Crippen molar-refractivity contribution >= 4 is 15.5 Å². The van der Waals surface area contributed by atoms with Gasteiger partial charge in [-0.1, -0.05) is 6.07 Å². The van der Waals surface area contributed by atoms with E-state index in [4.69, 9.17) is 0 Å². The fraction of sp³-hybridized carbons (Fsp3) is 0.312. The summed E-state index contributed by atoms with van der Waals surface area (Å²) in [4.78, 5) is 6.12. The molecule has 1 fully saturated rings. The van der Waals surface area contributed by atoms with Crippen LogP contribution in [0.2, 0.25) is 0 Å². The van der Waals surface area contributed by atoms with Crippen LogP contribution in [0.1, 0.15) is 24.4 Å². The molecular weight excluding hydrogens is 303 g/mol. The third-order valence-corrected chi connectivity index (χ3v) is 5.09. The summed E-state index contributed by atoms with van der Waals surface area (Å²) in [7, 11) is -3.40. The van der Waals surface area contributed by atoms with Crippen molar-refractivity contribution in [3.05, 3.63) is 54.1 Å². The molecule has 2 heterocycles. The zero-order valence-corrected chi connectivity index (χ0v) is 13.1. The van der Waals surface area contributed by atoms with Crippen molar-refractivity contribution < 1.29 is 12.8 Å². The van der Waals surface area contributed by atoms with Gasteiger partial charge in [0, 0.05) is 25.2 Å². The summed E-state index contributed by atoms with van der Waals surface area (Å²) in [5.74, 6) is -0.501. The van der Waals surface area contributed by atoms with Crippen molar-refractivity contribution in [2.75, 3.05) is 17.7 Å². The summed E-state index contributed by atoms with van der Waals surface area (Å²) in [6.07, 6.45) is 6.48. The zero-order chi connectivity index (χ0) is 15.7. The summed E-state index contributed by atoms with van der Waals surface area (Å²) in [5, 5.41) is 0. The quantitative estimate of drug-likeness (QED) is 0.872. The monoisotopic (exact) mass is 320 g/mol. The van der Waals surface area contributed by atoms with Crippen LogP contribution in [-0.2, 0) is 9.84 Å². The van der Waals surface area contributed by atoms with Crippen molar-refractivity contribution in [3.8, 4) is 0 Å². The van der Waals surface area contributed by atoms with E-state index in [9.17, 15) is 12.8 Å². The Labute approximate surface area is 129 Å². The van der Waals surface area contributed by atoms with E-state index >= 15 is 0 Å². The normalized spacial score (nSPS) is 18.6. The van der Waals surface area contributed by atoms with Gasteiger partial charge in [-0.15, -0.1) is 0 Å². The lowest BCUT2D eigenvalue weighted by atomic mass is 10.1. The van der Waals surface area contributed by atoms with E-state index in [1.807, 2.05) is 17.0 Å². The Bertz CT molecular complexity index is 778. The highest BCUT2D eigenvalue weighted by atomic mass is 32.2. The topological polar surface area (TPSA) is 50.3 Å². The molecule has 0 spiro atoms. The Hall–Kier alpha value is -1.95. The Balaban J connectivity index is 1.97. The standard InChI is InChI=1S/C16H17FN2O2S/c1-22(20,21)13-6-7-16(14(17)10-13)19-9-3-5-15(19)12-4-2-8-18-11-12/h2,4,6-8,10-11,15H,3,5,9H2,1H3. The van der Waals surface area contributed by atoms with Gasteiger partial charge in [0.15, 0.2) is 9.84 Å². The summed E-state index contributed by atoms with van der Waals surface area (Å²) in [5.41, 5.74) is 1.49. The minimum absolute atomic E-state index is 0.00544. The number of halogens is 1. The Kier molecular flexibility index (Phi) is 3.87. The highest BCUT2D eigenvalue weighted by Gasteiger charge is 2.28. The first kappa shape index (κ1) is 15.0. The number of pyridine rings is 1. The molecule has 0 bridgehead atoms. The molecule has 2 aromatic rings. The molecule has 1 saturated heterocycles. The molecular formula is C16H17FN2O2S. The molecule has 4 nitrogen and oxygen atoms in total. The van der Waals surface area contributed by atoms with Crippen LogP contribution in [0.15, 0.2) is 47.6 Å². The van der Waals surface area contributed by atoms with Crippen molar-refractivity contribution in [1.82, 2.24) is 4.98 Å². The maximum Gasteiger partial charge on any atom is 0.175 e. The Morgan fingerprint density at radius 3 is 2.77 bits per heavy atom. The smallest absolute Gasteiger partial charge is 0.175 e. The first-order valence-corrected chi connectivity index (χ1v) is 9.02. The second-order valence-corrected chi connectivity index (χ2v) is 7.54. The lowest BCUT2D eigenvalue weighted by molar-refractivity contribution is 0.592. The van der Waals surface area contributed by atoms with Crippen molar-refractivity contribution in [1.29, 1.82) is 0 Å². The number of nitrogens with zero attached hydrogens (tertiary/aromatic N) is 2. The molecule has 1 unspecified atom stereocenters. The Morgan fingerprint density at radius 2 is 2.14 bits per heavy atom. The number of hydrogen-bond acceptors (Lipinski definition) is 4. The maximum absolute atomic E-state index is 14.4. The van der Waals surface area contributed by atoms with E-state index in [1.54, 1.807) is 18.5 Å². The van der Waals surface area contributed by atoms with Crippen LogP contribution in [0.25, 0.3) is 0 Å². The van der Waals surface area contributed by atoms with E-state index in [-0.39, 0.29) is 10.9 Å². The van der Waals surface area contributed by atoms with E-state index in [1.165, 1.54) is 6.07 Å². The lowest BCUT2D eigenvalue weighted by Gasteiger charge is -2.27. The van der Waals surface area contributed by atoms with Crippen LogP contribution in [0.5, 0.6) is 0 Å². The second-order valence-electron chi connectivity index (χ2n) is 5.52. The molecule has 116 valence electrons. The SMILES string of the molecule is CS(=O)(=O)c1ccc(N2CCCC2c2cccnc2)c(F)c1. The summed E-state index contributed by atoms with van der Waals surface area (Å²) in [6, 6.07) is 8.05. The molecule has 1 aromatic carbocycles. The summed E-state index contributed by atoms with van der Waals surface area (Å²) in [6.45, 7) is 0.745. The number of anilines is 1. The third-order valence-electron chi connectivity index (χ3n) is 3.98. The van der Waals surface area contributed by atoms with E-state index < -0.39 is 15.7 Å². The molecule has 0 amide bonds. The van der Waals surface area contributed by atoms with Gasteiger partial charge in [0.1, 0.15) is 5.82 Å². The fourth-order valence-electron chi connectivity index (χ4n) is 2.93. The molecule has 3 rings (SSSR count). The van der Waals surface area contributed by atoms with E-state index in [0.717, 1.165) is 37.3 Å². The van der Waals surface area contributed by atoms with E-state index in [0.29, 0.717) is 5.69 Å². The molecule has 6 heteroatoms. The number of aromatic nitrogens is 1. The van der Waals surface area contributed by atoms with Gasteiger partial charge in [0.25, 0.3) is 0 Å². The molecule has 1 aromatic heterocycles. The van der Waals surface area contributed by atoms with Crippen LogP contribution >= 0.6 is 0 Å². The predicted octanol–water partition coefficient (Wildman–Crippen LogP) is 2.97. The van der Waals surface area contributed by atoms with Crippen LogP contribution in [-0.4, -0.2) is 26.2 Å². The van der Waals surface area contributed by atoms with Crippen molar-refractivity contribution in [3.63, 3.8) is 0 Å². The number of benzene rings is 1.